The van der Waals surface area contributed by atoms with Crippen LogP contribution in [0.4, 0.5) is 16.2 Å². The standard InChI is InChI=1S/C21H18FN7O2.BrH/c1-11-6-15(28(3)27-11)13-8-25-21(29-9-18(23-2)26-20(13)29)24-7-12-14(22)4-5-17-19(12)16(30)10-31-17;/h4-6,8-9,16,30H,7,10H2,1,3H3,(H,24,25);1H. The maximum absolute atomic E-state index is 14.5. The maximum atomic E-state index is 14.5. The van der Waals surface area contributed by atoms with Gasteiger partial charge in [-0.05, 0) is 25.1 Å². The number of aliphatic hydroxyl groups is 1. The van der Waals surface area contributed by atoms with E-state index in [1.807, 2.05) is 20.0 Å². The lowest BCUT2D eigenvalue weighted by molar-refractivity contribution is 0.140. The Bertz CT molecular complexity index is 1370. The quantitative estimate of drug-likeness (QED) is 0.415. The smallest absolute Gasteiger partial charge is 0.288 e. The molecule has 32 heavy (non-hydrogen) atoms. The zero-order chi connectivity index (χ0) is 21.7. The molecular formula is C21H19BrFN7O2. The van der Waals surface area contributed by atoms with Gasteiger partial charge < -0.3 is 20.0 Å². The molecule has 0 radical (unpaired) electrons. The summed E-state index contributed by atoms with van der Waals surface area (Å²) in [4.78, 5) is 12.3. The van der Waals surface area contributed by atoms with Crippen LogP contribution in [0.1, 0.15) is 22.9 Å². The minimum absolute atomic E-state index is 0. The van der Waals surface area contributed by atoms with Gasteiger partial charge in [0.25, 0.3) is 5.82 Å². The van der Waals surface area contributed by atoms with Gasteiger partial charge in [-0.25, -0.2) is 9.37 Å². The van der Waals surface area contributed by atoms with Crippen LogP contribution in [0.25, 0.3) is 21.7 Å². The van der Waals surface area contributed by atoms with Crippen LogP contribution in [0.3, 0.4) is 0 Å². The van der Waals surface area contributed by atoms with Crippen molar-refractivity contribution in [3.63, 3.8) is 0 Å². The van der Waals surface area contributed by atoms with Crippen molar-refractivity contribution in [3.05, 3.63) is 64.6 Å². The number of fused-ring (bicyclic) bond motifs is 2. The number of hydrogen-bond acceptors (Lipinski definition) is 6. The molecule has 2 N–H and O–H groups in total. The molecule has 4 aromatic rings. The predicted molar refractivity (Wildman–Crippen MR) is 121 cm³/mol. The lowest BCUT2D eigenvalue weighted by Gasteiger charge is -2.13. The first-order valence-electron chi connectivity index (χ1n) is 9.59. The second-order valence-corrected chi connectivity index (χ2v) is 7.31. The third-order valence-electron chi connectivity index (χ3n) is 5.28. The zero-order valence-corrected chi connectivity index (χ0v) is 18.9. The van der Waals surface area contributed by atoms with Gasteiger partial charge in [-0.3, -0.25) is 9.08 Å². The molecular weight excluding hydrogens is 481 g/mol. The number of nitrogens with one attached hydrogen (secondary N) is 1. The van der Waals surface area contributed by atoms with Gasteiger partial charge in [-0.1, -0.05) is 11.6 Å². The highest BCUT2D eigenvalue weighted by atomic mass is 79.9. The number of aromatic nitrogens is 5. The highest BCUT2D eigenvalue weighted by molar-refractivity contribution is 8.93. The van der Waals surface area contributed by atoms with Crippen molar-refractivity contribution in [1.82, 2.24) is 24.1 Å². The Morgan fingerprint density at radius 3 is 2.94 bits per heavy atom. The molecule has 1 unspecified atom stereocenters. The molecule has 4 heterocycles. The van der Waals surface area contributed by atoms with Gasteiger partial charge in [0.15, 0.2) is 0 Å². The van der Waals surface area contributed by atoms with Crippen LogP contribution in [0, 0.1) is 19.3 Å². The van der Waals surface area contributed by atoms with E-state index in [9.17, 15) is 9.50 Å². The van der Waals surface area contributed by atoms with E-state index in [2.05, 4.69) is 25.2 Å². The van der Waals surface area contributed by atoms with Crippen molar-refractivity contribution in [2.45, 2.75) is 19.6 Å². The molecule has 1 aliphatic heterocycles. The van der Waals surface area contributed by atoms with Crippen LogP contribution >= 0.6 is 17.0 Å². The number of benzene rings is 1. The Labute approximate surface area is 193 Å². The number of ether oxygens (including phenoxy) is 1. The van der Waals surface area contributed by atoms with Crippen LogP contribution < -0.4 is 10.1 Å². The Hall–Kier alpha value is -3.49. The summed E-state index contributed by atoms with van der Waals surface area (Å²) in [6.07, 6.45) is 2.35. The lowest BCUT2D eigenvalue weighted by Crippen LogP contribution is -2.11. The van der Waals surface area contributed by atoms with E-state index >= 15 is 0 Å². The first kappa shape index (κ1) is 21.7. The molecule has 1 aromatic carbocycles. The molecule has 164 valence electrons. The van der Waals surface area contributed by atoms with Crippen LogP contribution in [0.15, 0.2) is 30.6 Å². The first-order chi connectivity index (χ1) is 15.0. The third-order valence-corrected chi connectivity index (χ3v) is 5.28. The summed E-state index contributed by atoms with van der Waals surface area (Å²) >= 11 is 0. The van der Waals surface area contributed by atoms with E-state index in [1.54, 1.807) is 21.5 Å². The normalized spacial score (nSPS) is 14.5. The first-order valence-corrected chi connectivity index (χ1v) is 9.59. The number of hydrogen-bond donors (Lipinski definition) is 2. The minimum Gasteiger partial charge on any atom is -0.490 e. The highest BCUT2D eigenvalue weighted by Gasteiger charge is 2.27. The molecule has 11 heteroatoms. The van der Waals surface area contributed by atoms with Crippen molar-refractivity contribution in [2.24, 2.45) is 7.05 Å². The van der Waals surface area contributed by atoms with Crippen LogP contribution in [0.5, 0.6) is 5.75 Å². The third kappa shape index (κ3) is 3.47. The number of aryl methyl sites for hydroxylation is 2. The summed E-state index contributed by atoms with van der Waals surface area (Å²) in [5.74, 6) is 0.641. The number of halogens is 2. The van der Waals surface area contributed by atoms with Crippen LogP contribution in [-0.4, -0.2) is 35.9 Å². The number of anilines is 1. The van der Waals surface area contributed by atoms with Crippen molar-refractivity contribution < 1.29 is 14.2 Å². The molecule has 0 spiro atoms. The molecule has 1 aliphatic rings. The highest BCUT2D eigenvalue weighted by Crippen LogP contribution is 2.37. The van der Waals surface area contributed by atoms with Gasteiger partial charge in [-0.2, -0.15) is 5.10 Å². The molecule has 0 fully saturated rings. The average Bonchev–Trinajstić information content (AvgIpc) is 3.44. The largest absolute Gasteiger partial charge is 0.490 e. The summed E-state index contributed by atoms with van der Waals surface area (Å²) in [5, 5.41) is 17.7. The lowest BCUT2D eigenvalue weighted by atomic mass is 10.0. The molecule has 0 saturated heterocycles. The van der Waals surface area contributed by atoms with E-state index in [0.29, 0.717) is 28.5 Å². The Morgan fingerprint density at radius 1 is 1.41 bits per heavy atom. The summed E-state index contributed by atoms with van der Waals surface area (Å²) in [6.45, 7) is 9.41. The van der Waals surface area contributed by atoms with E-state index in [1.165, 1.54) is 12.1 Å². The number of aliphatic hydroxyl groups excluding tert-OH is 1. The van der Waals surface area contributed by atoms with Gasteiger partial charge in [0, 0.05) is 37.1 Å². The van der Waals surface area contributed by atoms with Crippen LogP contribution in [0.2, 0.25) is 0 Å². The summed E-state index contributed by atoms with van der Waals surface area (Å²) in [7, 11) is 1.83. The minimum atomic E-state index is -0.882. The maximum Gasteiger partial charge on any atom is 0.288 e. The summed E-state index contributed by atoms with van der Waals surface area (Å²) in [6, 6.07) is 4.75. The number of nitrogens with zero attached hydrogens (tertiary/aromatic N) is 6. The van der Waals surface area contributed by atoms with E-state index in [-0.39, 0.29) is 36.0 Å². The Morgan fingerprint density at radius 2 is 2.22 bits per heavy atom. The molecule has 5 rings (SSSR count). The molecule has 1 atom stereocenters. The SMILES string of the molecule is Br.[C-]#[N+]c1cn2c(NCc3c(F)ccc4c3C(O)CO4)ncc(-c3cc(C)nn3C)c2n1. The van der Waals surface area contributed by atoms with E-state index in [0.717, 1.165) is 17.0 Å². The van der Waals surface area contributed by atoms with E-state index < -0.39 is 11.9 Å². The van der Waals surface area contributed by atoms with E-state index in [4.69, 9.17) is 11.3 Å². The summed E-state index contributed by atoms with van der Waals surface area (Å²) in [5.41, 5.74) is 3.68. The summed E-state index contributed by atoms with van der Waals surface area (Å²) < 4.78 is 23.3. The molecule has 9 nitrogen and oxygen atoms in total. The Balaban J connectivity index is 0.00000245. The fourth-order valence-electron chi connectivity index (χ4n) is 3.90. The van der Waals surface area contributed by atoms with Crippen molar-refractivity contribution in [1.29, 1.82) is 0 Å². The topological polar surface area (TPSA) is 93.9 Å². The zero-order valence-electron chi connectivity index (χ0n) is 17.2. The molecule has 0 bridgehead atoms. The average molecular weight is 500 g/mol. The van der Waals surface area contributed by atoms with Crippen molar-refractivity contribution in [3.8, 4) is 17.0 Å². The van der Waals surface area contributed by atoms with Crippen molar-refractivity contribution >= 4 is 34.4 Å². The molecule has 3 aromatic heterocycles. The second-order valence-electron chi connectivity index (χ2n) is 7.31. The predicted octanol–water partition coefficient (Wildman–Crippen LogP) is 3.74. The van der Waals surface area contributed by atoms with Gasteiger partial charge in [0.05, 0.1) is 17.0 Å². The Kier molecular flexibility index (Phi) is 5.58. The number of imidazole rings is 1. The fraction of sp³-hybridized carbons (Fsp3) is 0.238. The fourth-order valence-corrected chi connectivity index (χ4v) is 3.90. The number of rotatable bonds is 4. The second kappa shape index (κ2) is 8.22. The molecule has 0 saturated carbocycles. The van der Waals surface area contributed by atoms with Gasteiger partial charge >= 0.3 is 0 Å². The van der Waals surface area contributed by atoms with Gasteiger partial charge in [0.2, 0.25) is 11.6 Å². The molecule has 0 aliphatic carbocycles. The van der Waals surface area contributed by atoms with Gasteiger partial charge in [-0.15, -0.1) is 17.0 Å². The molecule has 0 amide bonds. The monoisotopic (exact) mass is 499 g/mol. The van der Waals surface area contributed by atoms with Crippen molar-refractivity contribution in [2.75, 3.05) is 11.9 Å². The van der Waals surface area contributed by atoms with Gasteiger partial charge in [0.1, 0.15) is 24.3 Å². The van der Waals surface area contributed by atoms with Crippen LogP contribution in [-0.2, 0) is 13.6 Å².